The first kappa shape index (κ1) is 13.5. The second-order valence-electron chi connectivity index (χ2n) is 3.51. The number of rotatable bonds is 5. The zero-order valence-corrected chi connectivity index (χ0v) is 11.9. The van der Waals surface area contributed by atoms with E-state index >= 15 is 0 Å². The van der Waals surface area contributed by atoms with Crippen LogP contribution in [0.4, 0.5) is 5.69 Å². The van der Waals surface area contributed by atoms with Crippen molar-refractivity contribution < 1.29 is 8.42 Å². The van der Waals surface area contributed by atoms with Gasteiger partial charge in [0.05, 0.1) is 10.6 Å². The molecule has 0 radical (unpaired) electrons. The van der Waals surface area contributed by atoms with E-state index in [9.17, 15) is 8.42 Å². The number of alkyl halides is 1. The Balaban J connectivity index is 2.91. The van der Waals surface area contributed by atoms with Crippen molar-refractivity contribution >= 4 is 31.5 Å². The normalized spacial score (nSPS) is 11.4. The van der Waals surface area contributed by atoms with E-state index in [1.165, 1.54) is 0 Å². The maximum absolute atomic E-state index is 11.6. The maximum atomic E-state index is 11.6. The molecule has 0 N–H and O–H groups in total. The molecule has 16 heavy (non-hydrogen) atoms. The van der Waals surface area contributed by atoms with Gasteiger partial charge in [-0.3, -0.25) is 0 Å². The lowest BCUT2D eigenvalue weighted by Gasteiger charge is -2.17. The Hall–Kier alpha value is -0.550. The maximum Gasteiger partial charge on any atom is 0.178 e. The zero-order valence-electron chi connectivity index (χ0n) is 9.48. The summed E-state index contributed by atoms with van der Waals surface area (Å²) in [6, 6.07) is 7.01. The van der Waals surface area contributed by atoms with E-state index < -0.39 is 9.84 Å². The van der Waals surface area contributed by atoms with Crippen LogP contribution in [0.25, 0.3) is 0 Å². The minimum absolute atomic E-state index is 0.142. The molecule has 1 aromatic carbocycles. The topological polar surface area (TPSA) is 37.4 Å². The Labute approximate surface area is 106 Å². The molecule has 0 amide bonds. The number of nitrogens with zero attached hydrogens (tertiary/aromatic N) is 1. The van der Waals surface area contributed by atoms with Crippen molar-refractivity contribution in [3.05, 3.63) is 24.3 Å². The van der Waals surface area contributed by atoms with Gasteiger partial charge in [0.15, 0.2) is 9.84 Å². The molecule has 1 aromatic rings. The first-order valence-electron chi connectivity index (χ1n) is 5.11. The SMILES string of the molecule is CCS(=O)(=O)c1ccc(N(C)CCBr)cc1. The fourth-order valence-corrected chi connectivity index (χ4v) is 2.75. The van der Waals surface area contributed by atoms with Crippen LogP contribution >= 0.6 is 15.9 Å². The monoisotopic (exact) mass is 305 g/mol. The van der Waals surface area contributed by atoms with Crippen LogP contribution in [0.2, 0.25) is 0 Å². The Morgan fingerprint density at radius 3 is 2.25 bits per heavy atom. The van der Waals surface area contributed by atoms with Crippen molar-refractivity contribution in [2.45, 2.75) is 11.8 Å². The Bertz CT molecular complexity index is 428. The molecule has 1 rings (SSSR count). The van der Waals surface area contributed by atoms with E-state index in [1.807, 2.05) is 19.2 Å². The lowest BCUT2D eigenvalue weighted by Crippen LogP contribution is -2.19. The molecule has 5 heteroatoms. The van der Waals surface area contributed by atoms with Crippen LogP contribution in [-0.4, -0.2) is 33.1 Å². The van der Waals surface area contributed by atoms with E-state index in [0.717, 1.165) is 17.6 Å². The number of halogens is 1. The molecule has 0 bridgehead atoms. The first-order chi connectivity index (χ1) is 7.51. The van der Waals surface area contributed by atoms with E-state index in [2.05, 4.69) is 20.8 Å². The third-order valence-corrected chi connectivity index (χ3v) is 4.54. The van der Waals surface area contributed by atoms with Gasteiger partial charge in [0.25, 0.3) is 0 Å². The van der Waals surface area contributed by atoms with Gasteiger partial charge in [0, 0.05) is 24.6 Å². The number of hydrogen-bond donors (Lipinski definition) is 0. The molecule has 0 aliphatic carbocycles. The molecule has 0 saturated carbocycles. The lowest BCUT2D eigenvalue weighted by molar-refractivity contribution is 0.597. The van der Waals surface area contributed by atoms with Crippen LogP contribution in [0.5, 0.6) is 0 Å². The summed E-state index contributed by atoms with van der Waals surface area (Å²) in [6.45, 7) is 2.54. The predicted octanol–water partition coefficient (Wildman–Crippen LogP) is 2.31. The summed E-state index contributed by atoms with van der Waals surface area (Å²) in [4.78, 5) is 2.46. The Morgan fingerprint density at radius 1 is 1.25 bits per heavy atom. The summed E-state index contributed by atoms with van der Waals surface area (Å²) in [7, 11) is -1.10. The molecule has 0 atom stereocenters. The van der Waals surface area contributed by atoms with Gasteiger partial charge in [-0.15, -0.1) is 0 Å². The van der Waals surface area contributed by atoms with Gasteiger partial charge >= 0.3 is 0 Å². The van der Waals surface area contributed by atoms with E-state index in [4.69, 9.17) is 0 Å². The molecular weight excluding hydrogens is 290 g/mol. The summed E-state index contributed by atoms with van der Waals surface area (Å²) in [5.41, 5.74) is 1.02. The molecule has 0 aromatic heterocycles. The summed E-state index contributed by atoms with van der Waals surface area (Å²) >= 11 is 3.37. The standard InChI is InChI=1S/C11H16BrNO2S/c1-3-16(14,15)11-6-4-10(5-7-11)13(2)9-8-12/h4-7H,3,8-9H2,1-2H3. The molecule has 90 valence electrons. The molecule has 0 spiro atoms. The number of benzene rings is 1. The highest BCUT2D eigenvalue weighted by Gasteiger charge is 2.11. The summed E-state index contributed by atoms with van der Waals surface area (Å²) in [6.07, 6.45) is 0. The molecule has 0 unspecified atom stereocenters. The highest BCUT2D eigenvalue weighted by molar-refractivity contribution is 9.09. The minimum atomic E-state index is -3.08. The fourth-order valence-electron chi connectivity index (χ4n) is 1.33. The van der Waals surface area contributed by atoms with Gasteiger partial charge in [0.1, 0.15) is 0 Å². The lowest BCUT2D eigenvalue weighted by atomic mass is 10.3. The van der Waals surface area contributed by atoms with Crippen molar-refractivity contribution in [2.75, 3.05) is 29.6 Å². The van der Waals surface area contributed by atoms with Gasteiger partial charge in [-0.1, -0.05) is 22.9 Å². The van der Waals surface area contributed by atoms with Crippen molar-refractivity contribution in [3.8, 4) is 0 Å². The van der Waals surface area contributed by atoms with Crippen LogP contribution in [0.3, 0.4) is 0 Å². The van der Waals surface area contributed by atoms with Crippen LogP contribution in [0.1, 0.15) is 6.92 Å². The van der Waals surface area contributed by atoms with Crippen LogP contribution in [0, 0.1) is 0 Å². The second-order valence-corrected chi connectivity index (χ2v) is 6.58. The minimum Gasteiger partial charge on any atom is -0.374 e. The van der Waals surface area contributed by atoms with E-state index in [1.54, 1.807) is 19.1 Å². The molecular formula is C11H16BrNO2S. The number of anilines is 1. The van der Waals surface area contributed by atoms with Crippen molar-refractivity contribution in [2.24, 2.45) is 0 Å². The average molecular weight is 306 g/mol. The Morgan fingerprint density at radius 2 is 1.81 bits per heavy atom. The van der Waals surface area contributed by atoms with Crippen LogP contribution in [0.15, 0.2) is 29.2 Å². The summed E-state index contributed by atoms with van der Waals surface area (Å²) in [5.74, 6) is 0.142. The predicted molar refractivity (Wildman–Crippen MR) is 71.2 cm³/mol. The van der Waals surface area contributed by atoms with Gasteiger partial charge in [-0.25, -0.2) is 8.42 Å². The van der Waals surface area contributed by atoms with Crippen molar-refractivity contribution in [3.63, 3.8) is 0 Å². The van der Waals surface area contributed by atoms with Gasteiger partial charge in [-0.05, 0) is 24.3 Å². The zero-order chi connectivity index (χ0) is 12.2. The molecule has 0 heterocycles. The Kier molecular flexibility index (Phi) is 4.80. The molecule has 0 aliphatic rings. The smallest absolute Gasteiger partial charge is 0.178 e. The number of hydrogen-bond acceptors (Lipinski definition) is 3. The van der Waals surface area contributed by atoms with Crippen molar-refractivity contribution in [1.82, 2.24) is 0 Å². The van der Waals surface area contributed by atoms with Crippen LogP contribution in [-0.2, 0) is 9.84 Å². The van der Waals surface area contributed by atoms with Crippen molar-refractivity contribution in [1.29, 1.82) is 0 Å². The highest BCUT2D eigenvalue weighted by Crippen LogP contribution is 2.17. The third-order valence-electron chi connectivity index (χ3n) is 2.44. The van der Waals surface area contributed by atoms with E-state index in [-0.39, 0.29) is 5.75 Å². The van der Waals surface area contributed by atoms with Crippen LogP contribution < -0.4 is 4.90 Å². The third kappa shape index (κ3) is 3.22. The average Bonchev–Trinajstić information content (AvgIpc) is 2.29. The molecule has 0 fully saturated rings. The summed E-state index contributed by atoms with van der Waals surface area (Å²) < 4.78 is 23.2. The molecule has 0 aliphatic heterocycles. The molecule has 0 saturated heterocycles. The van der Waals surface area contributed by atoms with E-state index in [0.29, 0.717) is 4.90 Å². The van der Waals surface area contributed by atoms with Gasteiger partial charge < -0.3 is 4.90 Å². The quantitative estimate of drug-likeness (QED) is 0.784. The second kappa shape index (κ2) is 5.68. The largest absolute Gasteiger partial charge is 0.374 e. The molecule has 3 nitrogen and oxygen atoms in total. The summed E-state index contributed by atoms with van der Waals surface area (Å²) in [5, 5.41) is 0.887. The highest BCUT2D eigenvalue weighted by atomic mass is 79.9. The number of sulfone groups is 1. The fraction of sp³-hybridized carbons (Fsp3) is 0.455. The van der Waals surface area contributed by atoms with Gasteiger partial charge in [0.2, 0.25) is 0 Å². The van der Waals surface area contributed by atoms with Gasteiger partial charge in [-0.2, -0.15) is 0 Å². The first-order valence-corrected chi connectivity index (χ1v) is 7.88.